The fraction of sp³-hybridized carbons (Fsp3) is 0.423. The van der Waals surface area contributed by atoms with Gasteiger partial charge in [0.15, 0.2) is 0 Å². The van der Waals surface area contributed by atoms with Crippen molar-refractivity contribution < 1.29 is 150 Å². The van der Waals surface area contributed by atoms with Crippen LogP contribution in [0.3, 0.4) is 0 Å². The van der Waals surface area contributed by atoms with Crippen molar-refractivity contribution in [3.8, 4) is 51.7 Å². The largest absolute Gasteiger partial charge is 1.00 e. The normalized spacial score (nSPS) is 17.3. The summed E-state index contributed by atoms with van der Waals surface area (Å²) in [5, 5.41) is 17.1. The number of aliphatic carboxylic acids is 1. The number of carboxylic acid groups (broad SMARTS) is 1. The number of ether oxygens (including phenoxy) is 11. The number of methoxy groups -OCH3 is 8. The van der Waals surface area contributed by atoms with Crippen LogP contribution in [0.15, 0.2) is 164 Å². The number of anilines is 6. The first-order valence-electron chi connectivity index (χ1n) is 45.5. The van der Waals surface area contributed by atoms with Crippen LogP contribution in [0.25, 0.3) is 0 Å². The van der Waals surface area contributed by atoms with Gasteiger partial charge in [0.25, 0.3) is 11.8 Å². The van der Waals surface area contributed by atoms with Crippen molar-refractivity contribution in [2.45, 2.75) is 147 Å². The van der Waals surface area contributed by atoms with E-state index in [0.717, 1.165) is 37.6 Å². The van der Waals surface area contributed by atoms with Crippen LogP contribution in [0.4, 0.5) is 73.6 Å². The maximum Gasteiger partial charge on any atom is 1.00 e. The van der Waals surface area contributed by atoms with E-state index in [1.807, 2.05) is 0 Å². The molecule has 0 saturated heterocycles. The van der Waals surface area contributed by atoms with E-state index < -0.39 is 69.9 Å². The molecule has 9 aromatic rings. The van der Waals surface area contributed by atoms with Crippen LogP contribution in [-0.4, -0.2) is 166 Å². The van der Waals surface area contributed by atoms with E-state index in [0.29, 0.717) is 189 Å². The van der Waals surface area contributed by atoms with Crippen molar-refractivity contribution in [2.75, 3.05) is 134 Å². The molecule has 3 atom stereocenters. The molecule has 6 aliphatic rings. The number of esters is 2. The number of rotatable bonds is 31. The number of nitrogens with one attached hydrogen (secondary N) is 2. The number of benzene rings is 9. The summed E-state index contributed by atoms with van der Waals surface area (Å²) in [7, 11) is 10.9. The van der Waals surface area contributed by atoms with Gasteiger partial charge < -0.3 is 93.8 Å². The summed E-state index contributed by atoms with van der Waals surface area (Å²) in [5.41, 5.74) is 8.75. The second-order valence-electron chi connectivity index (χ2n) is 35.1. The van der Waals surface area contributed by atoms with E-state index in [9.17, 15) is 68.3 Å². The van der Waals surface area contributed by atoms with Crippen LogP contribution in [0.1, 0.15) is 148 Å². The number of nitrogens with zero attached hydrogens (tertiary/aromatic N) is 4. The maximum absolute atomic E-state index is 14.1. The van der Waals surface area contributed by atoms with Crippen LogP contribution < -0.4 is 92.6 Å². The number of carbonyl (C=O) groups excluding carboxylic acids is 5. The van der Waals surface area contributed by atoms with Gasteiger partial charge in [0.2, 0.25) is 5.91 Å². The Morgan fingerprint density at radius 2 is 0.715 bits per heavy atom. The van der Waals surface area contributed by atoms with Gasteiger partial charge in [-0.3, -0.25) is 33.7 Å². The minimum absolute atomic E-state index is 0. The van der Waals surface area contributed by atoms with Gasteiger partial charge >= 0.3 is 55.3 Å². The van der Waals surface area contributed by atoms with Crippen molar-refractivity contribution in [2.24, 2.45) is 35.5 Å². The van der Waals surface area contributed by atoms with Crippen LogP contribution >= 0.6 is 50.7 Å². The molecular weight excluding hydrogens is 2020 g/mol. The molecule has 15 rings (SSSR count). The Morgan fingerprint density at radius 3 is 0.993 bits per heavy atom. The smallest absolute Gasteiger partial charge is 0.870 e. The Bertz CT molecular complexity index is 5840. The molecule has 40 heteroatoms. The summed E-state index contributed by atoms with van der Waals surface area (Å²) in [4.78, 5) is 81.0. The average molecular weight is 2140 g/mol. The number of carboxylic acids is 1. The van der Waals surface area contributed by atoms with E-state index in [2.05, 4.69) is 66.1 Å². The van der Waals surface area contributed by atoms with E-state index in [1.165, 1.54) is 82.7 Å². The summed E-state index contributed by atoms with van der Waals surface area (Å²) in [6, 6.07) is 41.8. The summed E-state index contributed by atoms with van der Waals surface area (Å²) in [6.45, 7) is 14.3. The topological polar surface area (TPSA) is 317 Å². The minimum atomic E-state index is -4.67. The zero-order valence-corrected chi connectivity index (χ0v) is 85.2. The Hall–Kier alpha value is -11.4. The van der Waals surface area contributed by atoms with Gasteiger partial charge in [0.1, 0.15) is 68.7 Å². The third-order valence-electron chi connectivity index (χ3n) is 25.1. The zero-order chi connectivity index (χ0) is 103. The van der Waals surface area contributed by atoms with Gasteiger partial charge in [-0.2, -0.15) is 39.5 Å². The van der Waals surface area contributed by atoms with Gasteiger partial charge in [-0.25, -0.2) is 0 Å². The third kappa shape index (κ3) is 30.4. The molecule has 144 heavy (non-hydrogen) atoms. The minimum Gasteiger partial charge on any atom is -0.870 e. The number of alkyl halides is 10. The number of carbonyl (C=O) groups is 6. The van der Waals surface area contributed by atoms with Crippen LogP contribution in [0.2, 0.25) is 15.1 Å². The number of amides is 3. The Morgan fingerprint density at radius 1 is 0.431 bits per heavy atom. The van der Waals surface area contributed by atoms with E-state index in [1.54, 1.807) is 135 Å². The number of fused-ring (bicyclic) bond motifs is 3. The zero-order valence-electron chi connectivity index (χ0n) is 81.4. The third-order valence-corrected chi connectivity index (χ3v) is 26.8. The van der Waals surface area contributed by atoms with E-state index in [4.69, 9.17) is 97.7 Å². The second kappa shape index (κ2) is 52.6. The summed E-state index contributed by atoms with van der Waals surface area (Å²) in [5.74, 6) is 0.303. The fourth-order valence-corrected chi connectivity index (χ4v) is 18.5. The quantitative estimate of drug-likeness (QED) is 0.0103. The summed E-state index contributed by atoms with van der Waals surface area (Å²) in [6.07, 6.45) is -8.62. The molecule has 3 unspecified atom stereocenters. The molecule has 0 bridgehead atoms. The first-order valence-corrected chi connectivity index (χ1v) is 47.5. The number of hydrogen-bond acceptors (Lipinski definition) is 22. The van der Waals surface area contributed by atoms with Crippen molar-refractivity contribution in [3.63, 3.8) is 0 Å². The Balaban J connectivity index is 0.000000235. The fourth-order valence-electron chi connectivity index (χ4n) is 17.6. The molecule has 3 amide bonds. The first kappa shape index (κ1) is 118. The predicted octanol–water partition coefficient (Wildman–Crippen LogP) is 20.1. The SMILES string of the molecule is C.CCN(C(C)C)C(C)C.COC(=O)C1CC(COc2cc(N)cc(OC)c2)C1.COC(=O)C1CC(COc2cc(NC(C(=O)N3CCc4cc(OC)c(C(F)(F)F)cc43)c3ccc(Cl)cc3)cc(OC)c2)C1.COc1cc(NC(C(=O)N2CCc3cc(OC)c(C(F)(F)F)cc32)c2ccc(Cl)cc2)cc(OCC2CC(C(=O)O)C2)c1.COc1cc2c(cc1C(F)(F)F)N(C(=O)C(Br)c1ccc(Cl)cc1)CC2.[Li+].[OH-]. The van der Waals surface area contributed by atoms with Gasteiger partial charge in [0, 0.05) is 136 Å². The standard InChI is InChI=1S/C32H32ClF3N2O6.C31H30ClF3N2O6.C18H14BrClF3NO2.C14H19NO4.C8H19N.CH4.Li.H2O/c1-41-24-13-23(14-25(15-24)44-17-18-10-21(11-18)31(40)43-3)37-29(19-4-6-22(33)7-5-19)30(39)38-9-8-20-12-28(42-2)26(16-27(20)38)32(34,35)36;1-41-23-12-22(13-24(14-23)43-16-17-9-20(10-17)30(39)40)36-28(18-3-5-21(32)6-4-18)29(38)37-8-7-19-11-27(42-2)25(15-26(19)37)31(33,34)35;1-26-15-8-11-6-7-24(14(11)9-13(15)18(21,22)23)17(25)16(19)10-2-4-12(20)5-3-10;1-17-12-5-11(15)6-13(7-12)19-8-9-3-10(4-9)14(16)18-2;1-6-9(7(2)3)8(4)5;;;/h4-7,12-16,18,21,29,37H,8-11,17H2,1-3H3;3-6,11-15,17,20,28,36H,7-10,16H2,1-2H3,(H,39,40);2-5,8-9,16H,6-7H2,1H3;5-7,9-10H,3-4,8,15H2,1-2H3;7-8H,6H2,1-5H3;1H4;;1H2/q;;;;;;+1;/p-1. The first-order chi connectivity index (χ1) is 66.9. The van der Waals surface area contributed by atoms with Gasteiger partial charge in [0.05, 0.1) is 111 Å². The molecule has 776 valence electrons. The molecule has 9 aromatic carbocycles. The molecule has 0 radical (unpaired) electrons. The van der Waals surface area contributed by atoms with E-state index >= 15 is 0 Å². The summed E-state index contributed by atoms with van der Waals surface area (Å²) >= 11 is 21.4. The van der Waals surface area contributed by atoms with Gasteiger partial charge in [-0.05, 0) is 216 Å². The van der Waals surface area contributed by atoms with Crippen molar-refractivity contribution >= 4 is 120 Å². The van der Waals surface area contributed by atoms with Gasteiger partial charge in [-0.1, -0.05) is 101 Å². The Labute approximate surface area is 867 Å². The molecule has 0 aromatic heterocycles. The average Bonchev–Trinajstić information content (AvgIpc) is 1.61. The predicted molar refractivity (Wildman–Crippen MR) is 532 cm³/mol. The van der Waals surface area contributed by atoms with Crippen LogP contribution in [0, 0.1) is 35.5 Å². The van der Waals surface area contributed by atoms with E-state index in [-0.39, 0.29) is 127 Å². The molecule has 0 spiro atoms. The van der Waals surface area contributed by atoms with Crippen LogP contribution in [0.5, 0.6) is 51.7 Å². The second-order valence-corrected chi connectivity index (χ2v) is 37.3. The van der Waals surface area contributed by atoms with Crippen molar-refractivity contribution in [1.82, 2.24) is 4.90 Å². The number of halogens is 13. The molecular formula is C104H119BrCl3F9LiN7O19. The van der Waals surface area contributed by atoms with Crippen LogP contribution in [-0.2, 0) is 76.0 Å². The molecule has 3 fully saturated rings. The summed E-state index contributed by atoms with van der Waals surface area (Å²) < 4.78 is 181. The Kier molecular flexibility index (Phi) is 43.1. The number of hydrogen-bond donors (Lipinski definition) is 4. The maximum atomic E-state index is 14.1. The monoisotopic (exact) mass is 2130 g/mol. The molecule has 26 nitrogen and oxygen atoms in total. The van der Waals surface area contributed by atoms with Gasteiger partial charge in [-0.15, -0.1) is 0 Å². The van der Waals surface area contributed by atoms with Crippen molar-refractivity contribution in [3.05, 3.63) is 229 Å². The molecule has 3 aliphatic heterocycles. The number of nitrogen functional groups attached to an aromatic ring is 1. The molecule has 3 heterocycles. The molecule has 3 saturated carbocycles. The molecule has 6 N–H and O–H groups in total. The molecule has 3 aliphatic carbocycles. The van der Waals surface area contributed by atoms with Crippen molar-refractivity contribution in [1.29, 1.82) is 0 Å². The number of nitrogens with two attached hydrogens (primary N) is 1.